The average molecular weight is 248 g/mol. The summed E-state index contributed by atoms with van der Waals surface area (Å²) < 4.78 is 0. The van der Waals surface area contributed by atoms with Gasteiger partial charge < -0.3 is 10.0 Å². The van der Waals surface area contributed by atoms with Crippen molar-refractivity contribution in [3.63, 3.8) is 0 Å². The van der Waals surface area contributed by atoms with Crippen LogP contribution in [0.2, 0.25) is 10.4 Å². The Kier molecular flexibility index (Phi) is 3.29. The van der Waals surface area contributed by atoms with E-state index in [2.05, 4.69) is 9.97 Å². The molecule has 1 aromatic heterocycles. The molecule has 0 saturated carbocycles. The lowest BCUT2D eigenvalue weighted by atomic mass is 10.2. The highest BCUT2D eigenvalue weighted by atomic mass is 35.5. The molecule has 1 aliphatic heterocycles. The molecule has 1 saturated heterocycles. The Morgan fingerprint density at radius 1 is 1.47 bits per heavy atom. The highest BCUT2D eigenvalue weighted by molar-refractivity contribution is 6.32. The zero-order chi connectivity index (χ0) is 10.8. The average Bonchev–Trinajstić information content (AvgIpc) is 2.63. The highest BCUT2D eigenvalue weighted by Crippen LogP contribution is 2.26. The molecule has 0 aromatic carbocycles. The molecule has 0 radical (unpaired) electrons. The predicted octanol–water partition coefficient (Wildman–Crippen LogP) is 1.74. The first kappa shape index (κ1) is 10.9. The fraction of sp³-hybridized carbons (Fsp3) is 0.556. The summed E-state index contributed by atoms with van der Waals surface area (Å²) >= 11 is 11.5. The van der Waals surface area contributed by atoms with Crippen LogP contribution in [-0.2, 0) is 0 Å². The second-order valence-electron chi connectivity index (χ2n) is 3.49. The van der Waals surface area contributed by atoms with Gasteiger partial charge in [-0.05, 0) is 24.4 Å². The van der Waals surface area contributed by atoms with Gasteiger partial charge in [-0.3, -0.25) is 0 Å². The third-order valence-corrected chi connectivity index (χ3v) is 2.90. The molecule has 1 aliphatic rings. The molecule has 4 nitrogen and oxygen atoms in total. The number of rotatable bonds is 2. The topological polar surface area (TPSA) is 49.2 Å². The van der Waals surface area contributed by atoms with E-state index < -0.39 is 0 Å². The molecular formula is C9H11Cl2N3O. The van der Waals surface area contributed by atoms with Crippen molar-refractivity contribution in [1.82, 2.24) is 9.97 Å². The van der Waals surface area contributed by atoms with Gasteiger partial charge in [0.15, 0.2) is 0 Å². The summed E-state index contributed by atoms with van der Waals surface area (Å²) in [4.78, 5) is 9.90. The molecule has 0 amide bonds. The summed E-state index contributed by atoms with van der Waals surface area (Å²) in [5.41, 5.74) is 0. The number of hydrogen-bond acceptors (Lipinski definition) is 4. The van der Waals surface area contributed by atoms with E-state index in [4.69, 9.17) is 23.2 Å². The van der Waals surface area contributed by atoms with Gasteiger partial charge in [-0.2, -0.15) is 0 Å². The summed E-state index contributed by atoms with van der Waals surface area (Å²) in [5, 5.41) is 9.65. The quantitative estimate of drug-likeness (QED) is 0.639. The highest BCUT2D eigenvalue weighted by Gasteiger charge is 2.25. The van der Waals surface area contributed by atoms with Crippen LogP contribution in [0.4, 0.5) is 5.82 Å². The van der Waals surface area contributed by atoms with Crippen LogP contribution in [0.15, 0.2) is 6.07 Å². The van der Waals surface area contributed by atoms with Gasteiger partial charge in [0.25, 0.3) is 0 Å². The minimum atomic E-state index is 0.118. The monoisotopic (exact) mass is 247 g/mol. The summed E-state index contributed by atoms with van der Waals surface area (Å²) in [5.74, 6) is 0.691. The number of nitrogens with zero attached hydrogens (tertiary/aromatic N) is 3. The first-order chi connectivity index (χ1) is 7.20. The molecule has 82 valence electrons. The van der Waals surface area contributed by atoms with Crippen molar-refractivity contribution in [1.29, 1.82) is 0 Å². The van der Waals surface area contributed by atoms with Crippen molar-refractivity contribution in [3.05, 3.63) is 16.5 Å². The van der Waals surface area contributed by atoms with Crippen molar-refractivity contribution >= 4 is 29.0 Å². The molecule has 1 aromatic rings. The van der Waals surface area contributed by atoms with Gasteiger partial charge in [0.05, 0.1) is 12.6 Å². The van der Waals surface area contributed by atoms with E-state index in [1.807, 2.05) is 4.90 Å². The molecule has 1 fully saturated rings. The Hall–Kier alpha value is -0.580. The van der Waals surface area contributed by atoms with Crippen molar-refractivity contribution in [2.75, 3.05) is 18.1 Å². The molecule has 1 atom stereocenters. The van der Waals surface area contributed by atoms with E-state index in [9.17, 15) is 5.11 Å². The summed E-state index contributed by atoms with van der Waals surface area (Å²) in [6.45, 7) is 0.994. The normalized spacial score (nSPS) is 21.0. The number of anilines is 1. The SMILES string of the molecule is OC[C@H]1CCCN1c1cc(Cl)nc(Cl)n1. The summed E-state index contributed by atoms with van der Waals surface area (Å²) in [6, 6.07) is 1.79. The Morgan fingerprint density at radius 2 is 2.27 bits per heavy atom. The van der Waals surface area contributed by atoms with Crippen LogP contribution in [0, 0.1) is 0 Å². The molecule has 2 rings (SSSR count). The third kappa shape index (κ3) is 2.33. The molecule has 6 heteroatoms. The molecule has 0 spiro atoms. The molecular weight excluding hydrogens is 237 g/mol. The molecule has 0 bridgehead atoms. The first-order valence-electron chi connectivity index (χ1n) is 4.78. The maximum atomic E-state index is 9.19. The standard InChI is InChI=1S/C9H11Cl2N3O/c10-7-4-8(13-9(11)12-7)14-3-1-2-6(14)5-15/h4,6,15H,1-3,5H2/t6-/m1/s1. The van der Waals surface area contributed by atoms with E-state index in [1.54, 1.807) is 6.07 Å². The number of aliphatic hydroxyl groups is 1. The lowest BCUT2D eigenvalue weighted by molar-refractivity contribution is 0.266. The Balaban J connectivity index is 2.28. The second-order valence-corrected chi connectivity index (χ2v) is 4.22. The van der Waals surface area contributed by atoms with Gasteiger partial charge in [0.2, 0.25) is 5.28 Å². The summed E-state index contributed by atoms with van der Waals surface area (Å²) in [6.07, 6.45) is 2.01. The fourth-order valence-electron chi connectivity index (χ4n) is 1.85. The maximum Gasteiger partial charge on any atom is 0.225 e. The van der Waals surface area contributed by atoms with E-state index in [1.165, 1.54) is 0 Å². The minimum Gasteiger partial charge on any atom is -0.394 e. The molecule has 1 N–H and O–H groups in total. The first-order valence-corrected chi connectivity index (χ1v) is 5.54. The Labute approximate surface area is 97.9 Å². The molecule has 0 aliphatic carbocycles. The predicted molar refractivity (Wildman–Crippen MR) is 59.5 cm³/mol. The zero-order valence-corrected chi connectivity index (χ0v) is 9.54. The fourth-order valence-corrected chi connectivity index (χ4v) is 2.25. The van der Waals surface area contributed by atoms with Gasteiger partial charge in [0, 0.05) is 12.6 Å². The number of aromatic nitrogens is 2. The van der Waals surface area contributed by atoms with Crippen LogP contribution in [0.5, 0.6) is 0 Å². The molecule has 15 heavy (non-hydrogen) atoms. The van der Waals surface area contributed by atoms with E-state index >= 15 is 0 Å². The van der Waals surface area contributed by atoms with Crippen molar-refractivity contribution in [2.45, 2.75) is 18.9 Å². The van der Waals surface area contributed by atoms with Crippen molar-refractivity contribution in [2.24, 2.45) is 0 Å². The van der Waals surface area contributed by atoms with Crippen molar-refractivity contribution < 1.29 is 5.11 Å². The molecule has 0 unspecified atom stereocenters. The van der Waals surface area contributed by atoms with Crippen LogP contribution in [0.25, 0.3) is 0 Å². The summed E-state index contributed by atoms with van der Waals surface area (Å²) in [7, 11) is 0. The molecule has 2 heterocycles. The smallest absolute Gasteiger partial charge is 0.225 e. The minimum absolute atomic E-state index is 0.118. The van der Waals surface area contributed by atoms with E-state index in [0.717, 1.165) is 19.4 Å². The third-order valence-electron chi connectivity index (χ3n) is 2.54. The number of hydrogen-bond donors (Lipinski definition) is 1. The lowest BCUT2D eigenvalue weighted by Gasteiger charge is -2.23. The Morgan fingerprint density at radius 3 is 2.93 bits per heavy atom. The van der Waals surface area contributed by atoms with Crippen molar-refractivity contribution in [3.8, 4) is 0 Å². The number of halogens is 2. The van der Waals surface area contributed by atoms with Gasteiger partial charge in [-0.15, -0.1) is 0 Å². The van der Waals surface area contributed by atoms with Gasteiger partial charge in [0.1, 0.15) is 11.0 Å². The lowest BCUT2D eigenvalue weighted by Crippen LogP contribution is -2.32. The van der Waals surface area contributed by atoms with Gasteiger partial charge in [-0.25, -0.2) is 9.97 Å². The van der Waals surface area contributed by atoms with Crippen LogP contribution in [-0.4, -0.2) is 34.3 Å². The number of aliphatic hydroxyl groups excluding tert-OH is 1. The van der Waals surface area contributed by atoms with Crippen LogP contribution >= 0.6 is 23.2 Å². The van der Waals surface area contributed by atoms with Gasteiger partial charge in [-0.1, -0.05) is 11.6 Å². The van der Waals surface area contributed by atoms with E-state index in [0.29, 0.717) is 11.0 Å². The van der Waals surface area contributed by atoms with Crippen LogP contribution in [0.1, 0.15) is 12.8 Å². The Bertz CT molecular complexity index is 341. The van der Waals surface area contributed by atoms with Crippen LogP contribution in [0.3, 0.4) is 0 Å². The largest absolute Gasteiger partial charge is 0.394 e. The van der Waals surface area contributed by atoms with E-state index in [-0.39, 0.29) is 17.9 Å². The zero-order valence-electron chi connectivity index (χ0n) is 8.03. The van der Waals surface area contributed by atoms with Crippen LogP contribution < -0.4 is 4.90 Å². The second kappa shape index (κ2) is 4.51. The maximum absolute atomic E-state index is 9.19. The van der Waals surface area contributed by atoms with Gasteiger partial charge >= 0.3 is 0 Å².